The van der Waals surface area contributed by atoms with Gasteiger partial charge >= 0.3 is 0 Å². The molecule has 5 nitrogen and oxygen atoms in total. The second-order valence-electron chi connectivity index (χ2n) is 7.62. The first-order chi connectivity index (χ1) is 11.8. The van der Waals surface area contributed by atoms with Crippen LogP contribution in [0.1, 0.15) is 43.2 Å². The minimum absolute atomic E-state index is 0.207. The molecule has 1 aliphatic heterocycles. The first-order valence-electron chi connectivity index (χ1n) is 9.13. The lowest BCUT2D eigenvalue weighted by Crippen LogP contribution is -2.52. The molecule has 6 heteroatoms. The van der Waals surface area contributed by atoms with E-state index in [0.29, 0.717) is 42.9 Å². The number of rotatable bonds is 4. The number of sulfone groups is 1. The average molecular weight is 365 g/mol. The number of likely N-dealkylation sites (tertiary alicyclic amines) is 1. The van der Waals surface area contributed by atoms with E-state index in [1.807, 2.05) is 19.1 Å². The van der Waals surface area contributed by atoms with E-state index in [1.54, 1.807) is 17.9 Å². The summed E-state index contributed by atoms with van der Waals surface area (Å²) in [5, 5.41) is 0. The Morgan fingerprint density at radius 1 is 1.28 bits per heavy atom. The smallest absolute Gasteiger partial charge is 0.244 e. The molecule has 1 aromatic carbocycles. The van der Waals surface area contributed by atoms with E-state index in [1.165, 1.54) is 0 Å². The van der Waals surface area contributed by atoms with Crippen LogP contribution in [0.25, 0.3) is 0 Å². The summed E-state index contributed by atoms with van der Waals surface area (Å²) in [7, 11) is -3.74. The molecule has 1 amide bonds. The lowest BCUT2D eigenvalue weighted by Gasteiger charge is -2.32. The van der Waals surface area contributed by atoms with Crippen LogP contribution in [-0.2, 0) is 14.6 Å². The maximum Gasteiger partial charge on any atom is 0.244 e. The van der Waals surface area contributed by atoms with Crippen molar-refractivity contribution in [3.8, 4) is 0 Å². The molecule has 1 atom stereocenters. The summed E-state index contributed by atoms with van der Waals surface area (Å²) in [4.78, 5) is 15.4. The van der Waals surface area contributed by atoms with Crippen LogP contribution >= 0.6 is 0 Å². The number of benzene rings is 1. The molecule has 3 rings (SSSR count). The summed E-state index contributed by atoms with van der Waals surface area (Å²) >= 11 is 0. The van der Waals surface area contributed by atoms with Gasteiger partial charge < -0.3 is 10.6 Å². The minimum atomic E-state index is -3.74. The highest BCUT2D eigenvalue weighted by Crippen LogP contribution is 2.43. The van der Waals surface area contributed by atoms with Gasteiger partial charge in [-0.3, -0.25) is 4.79 Å². The van der Waals surface area contributed by atoms with E-state index in [0.717, 1.165) is 24.8 Å². The topological polar surface area (TPSA) is 80.5 Å². The molecule has 25 heavy (non-hydrogen) atoms. The average Bonchev–Trinajstić information content (AvgIpc) is 3.26. The van der Waals surface area contributed by atoms with Crippen LogP contribution in [0.15, 0.2) is 23.1 Å². The van der Waals surface area contributed by atoms with Gasteiger partial charge in [-0.2, -0.15) is 0 Å². The molecule has 2 N–H and O–H groups in total. The predicted octanol–water partition coefficient (Wildman–Crippen LogP) is 2.20. The number of hydrogen-bond acceptors (Lipinski definition) is 4. The number of nitrogens with zero attached hydrogens (tertiary/aromatic N) is 1. The molecule has 0 spiro atoms. The minimum Gasteiger partial charge on any atom is -0.341 e. The SMILES string of the molecule is Cc1ccc(C)c(S(=O)(=O)C2(C(=O)N3CC[C@H](CN)C3)CCCC2)c1. The van der Waals surface area contributed by atoms with Crippen LogP contribution in [0, 0.1) is 19.8 Å². The fourth-order valence-corrected chi connectivity index (χ4v) is 6.69. The zero-order valence-corrected chi connectivity index (χ0v) is 15.9. The number of carbonyl (C=O) groups excluding carboxylic acids is 1. The molecule has 0 aromatic heterocycles. The molecule has 138 valence electrons. The summed E-state index contributed by atoms with van der Waals surface area (Å²) in [5.74, 6) is 0.0765. The Balaban J connectivity index is 2.03. The van der Waals surface area contributed by atoms with E-state index in [9.17, 15) is 13.2 Å². The summed E-state index contributed by atoms with van der Waals surface area (Å²) in [5.41, 5.74) is 7.35. The van der Waals surface area contributed by atoms with Gasteiger partial charge in [0.25, 0.3) is 0 Å². The number of nitrogens with two attached hydrogens (primary N) is 1. The molecule has 2 aliphatic rings. The van der Waals surface area contributed by atoms with Crippen LogP contribution in [0.4, 0.5) is 0 Å². The second-order valence-corrected chi connectivity index (χ2v) is 9.84. The Labute approximate surface area is 150 Å². The largest absolute Gasteiger partial charge is 0.341 e. The fourth-order valence-electron chi connectivity index (χ4n) is 4.25. The predicted molar refractivity (Wildman–Crippen MR) is 98.0 cm³/mol. The Morgan fingerprint density at radius 2 is 1.96 bits per heavy atom. The molecule has 1 aliphatic carbocycles. The molecule has 0 bridgehead atoms. The molecule has 1 aromatic rings. The van der Waals surface area contributed by atoms with Gasteiger partial charge in [-0.15, -0.1) is 0 Å². The standard InChI is InChI=1S/C19H28N2O3S/c1-14-5-6-15(2)17(11-14)25(23,24)19(8-3-4-9-19)18(22)21-10-7-16(12-20)13-21/h5-6,11,16H,3-4,7-10,12-13,20H2,1-2H3/t16-/m1/s1. The lowest BCUT2D eigenvalue weighted by molar-refractivity contribution is -0.133. The van der Waals surface area contributed by atoms with Crippen LogP contribution in [-0.4, -0.2) is 43.6 Å². The highest BCUT2D eigenvalue weighted by atomic mass is 32.2. The molecule has 1 heterocycles. The van der Waals surface area contributed by atoms with E-state index < -0.39 is 14.6 Å². The van der Waals surface area contributed by atoms with Gasteiger partial charge in [-0.25, -0.2) is 8.42 Å². The van der Waals surface area contributed by atoms with Gasteiger partial charge in [-0.05, 0) is 62.8 Å². The Hall–Kier alpha value is -1.40. The van der Waals surface area contributed by atoms with E-state index in [4.69, 9.17) is 5.73 Å². The third kappa shape index (κ3) is 2.99. The molecular weight excluding hydrogens is 336 g/mol. The van der Waals surface area contributed by atoms with Crippen molar-refractivity contribution in [1.82, 2.24) is 4.90 Å². The Bertz CT molecular complexity index is 767. The van der Waals surface area contributed by atoms with Gasteiger partial charge in [-0.1, -0.05) is 25.0 Å². The van der Waals surface area contributed by atoms with Crippen molar-refractivity contribution >= 4 is 15.7 Å². The Morgan fingerprint density at radius 3 is 2.56 bits per heavy atom. The molecular formula is C19H28N2O3S. The van der Waals surface area contributed by atoms with Crippen LogP contribution in [0.5, 0.6) is 0 Å². The zero-order chi connectivity index (χ0) is 18.2. The highest BCUT2D eigenvalue weighted by molar-refractivity contribution is 7.93. The van der Waals surface area contributed by atoms with Crippen molar-refractivity contribution in [2.24, 2.45) is 11.7 Å². The van der Waals surface area contributed by atoms with Crippen LogP contribution in [0.3, 0.4) is 0 Å². The zero-order valence-electron chi connectivity index (χ0n) is 15.1. The first-order valence-corrected chi connectivity index (χ1v) is 10.6. The molecule has 1 saturated heterocycles. The van der Waals surface area contributed by atoms with Gasteiger partial charge in [0.15, 0.2) is 14.6 Å². The van der Waals surface area contributed by atoms with Crippen molar-refractivity contribution < 1.29 is 13.2 Å². The maximum atomic E-state index is 13.6. The number of aryl methyl sites for hydroxylation is 2. The second kappa shape index (κ2) is 6.72. The summed E-state index contributed by atoms with van der Waals surface area (Å²) < 4.78 is 25.9. The van der Waals surface area contributed by atoms with E-state index in [2.05, 4.69) is 0 Å². The van der Waals surface area contributed by atoms with Crippen molar-refractivity contribution in [1.29, 1.82) is 0 Å². The summed E-state index contributed by atoms with van der Waals surface area (Å²) in [6.07, 6.45) is 3.27. The van der Waals surface area contributed by atoms with Crippen molar-refractivity contribution in [3.05, 3.63) is 29.3 Å². The summed E-state index contributed by atoms with van der Waals surface area (Å²) in [6, 6.07) is 5.45. The maximum absolute atomic E-state index is 13.6. The quantitative estimate of drug-likeness (QED) is 0.888. The van der Waals surface area contributed by atoms with E-state index >= 15 is 0 Å². The molecule has 0 unspecified atom stereocenters. The van der Waals surface area contributed by atoms with Crippen LogP contribution < -0.4 is 5.73 Å². The van der Waals surface area contributed by atoms with Gasteiger partial charge in [0.2, 0.25) is 5.91 Å². The number of amides is 1. The normalized spacial score (nSPS) is 23.2. The molecule has 0 radical (unpaired) electrons. The molecule has 1 saturated carbocycles. The fraction of sp³-hybridized carbons (Fsp3) is 0.632. The third-order valence-corrected chi connectivity index (χ3v) is 8.49. The van der Waals surface area contributed by atoms with Gasteiger partial charge in [0.1, 0.15) is 0 Å². The number of hydrogen-bond donors (Lipinski definition) is 1. The Kier molecular flexibility index (Phi) is 4.95. The summed E-state index contributed by atoms with van der Waals surface area (Å²) in [6.45, 7) is 5.43. The van der Waals surface area contributed by atoms with E-state index in [-0.39, 0.29) is 11.8 Å². The van der Waals surface area contributed by atoms with Crippen molar-refractivity contribution in [3.63, 3.8) is 0 Å². The number of carbonyl (C=O) groups is 1. The van der Waals surface area contributed by atoms with Gasteiger partial charge in [0.05, 0.1) is 4.90 Å². The van der Waals surface area contributed by atoms with Crippen molar-refractivity contribution in [2.75, 3.05) is 19.6 Å². The van der Waals surface area contributed by atoms with Crippen LogP contribution in [0.2, 0.25) is 0 Å². The lowest BCUT2D eigenvalue weighted by atomic mass is 10.1. The van der Waals surface area contributed by atoms with Gasteiger partial charge in [0, 0.05) is 13.1 Å². The van der Waals surface area contributed by atoms with Crippen molar-refractivity contribution in [2.45, 2.75) is 55.6 Å². The first kappa shape index (κ1) is 18.4. The monoisotopic (exact) mass is 364 g/mol. The third-order valence-electron chi connectivity index (χ3n) is 5.85. The molecule has 2 fully saturated rings. The highest BCUT2D eigenvalue weighted by Gasteiger charge is 2.55.